The van der Waals surface area contributed by atoms with Crippen molar-refractivity contribution in [3.8, 4) is 5.75 Å². The van der Waals surface area contributed by atoms with E-state index in [1.54, 1.807) is 6.08 Å². The summed E-state index contributed by atoms with van der Waals surface area (Å²) in [7, 11) is 1.32. The molecule has 0 saturated heterocycles. The molecule has 0 bridgehead atoms. The predicted molar refractivity (Wildman–Crippen MR) is 89.5 cm³/mol. The minimum atomic E-state index is -0.402. The number of aryl methyl sites for hydroxylation is 1. The molecule has 23 heavy (non-hydrogen) atoms. The lowest BCUT2D eigenvalue weighted by molar-refractivity contribution is -0.134. The van der Waals surface area contributed by atoms with E-state index in [1.165, 1.54) is 13.2 Å². The molecule has 0 aromatic heterocycles. The van der Waals surface area contributed by atoms with Crippen LogP contribution >= 0.6 is 0 Å². The summed E-state index contributed by atoms with van der Waals surface area (Å²) >= 11 is 0. The van der Waals surface area contributed by atoms with E-state index in [0.29, 0.717) is 18.9 Å². The summed E-state index contributed by atoms with van der Waals surface area (Å²) in [6, 6.07) is 6.02. The van der Waals surface area contributed by atoms with E-state index in [1.807, 2.05) is 25.1 Å². The standard InChI is InChI=1S/C18H25NO4/c1-13(2)15-9-8-14(3)11-16(15)23-12-17(20)19-10-6-5-7-18(21)22-4/h5,7-9,11,13H,6,10,12H2,1-4H3,(H,19,20)/b7-5+. The molecule has 1 N–H and O–H groups in total. The molecule has 1 rings (SSSR count). The molecule has 0 atom stereocenters. The average molecular weight is 319 g/mol. The van der Waals surface area contributed by atoms with Crippen molar-refractivity contribution in [3.63, 3.8) is 0 Å². The van der Waals surface area contributed by atoms with Gasteiger partial charge in [0.1, 0.15) is 5.75 Å². The number of ether oxygens (including phenoxy) is 2. The predicted octanol–water partition coefficient (Wildman–Crippen LogP) is 2.73. The van der Waals surface area contributed by atoms with E-state index in [-0.39, 0.29) is 12.5 Å². The first kappa shape index (κ1) is 18.7. The van der Waals surface area contributed by atoms with Crippen LogP contribution in [0, 0.1) is 6.92 Å². The van der Waals surface area contributed by atoms with Crippen LogP contribution in [-0.4, -0.2) is 32.1 Å². The largest absolute Gasteiger partial charge is 0.483 e. The fourth-order valence-corrected chi connectivity index (χ4v) is 1.98. The van der Waals surface area contributed by atoms with E-state index in [0.717, 1.165) is 16.9 Å². The quantitative estimate of drug-likeness (QED) is 0.454. The molecule has 5 nitrogen and oxygen atoms in total. The number of rotatable bonds is 8. The minimum absolute atomic E-state index is 0.0239. The second-order valence-electron chi connectivity index (χ2n) is 5.55. The van der Waals surface area contributed by atoms with Crippen molar-refractivity contribution < 1.29 is 19.1 Å². The number of hydrogen-bond donors (Lipinski definition) is 1. The SMILES string of the molecule is COC(=O)/C=C/CCNC(=O)COc1cc(C)ccc1C(C)C. The van der Waals surface area contributed by atoms with Gasteiger partial charge >= 0.3 is 5.97 Å². The summed E-state index contributed by atoms with van der Waals surface area (Å²) < 4.78 is 10.1. The highest BCUT2D eigenvalue weighted by molar-refractivity contribution is 5.81. The van der Waals surface area contributed by atoms with Crippen LogP contribution in [0.3, 0.4) is 0 Å². The summed E-state index contributed by atoms with van der Waals surface area (Å²) in [6.45, 7) is 6.59. The zero-order valence-electron chi connectivity index (χ0n) is 14.2. The van der Waals surface area contributed by atoms with Gasteiger partial charge in [0.25, 0.3) is 5.91 Å². The Morgan fingerprint density at radius 2 is 2.04 bits per heavy atom. The second-order valence-corrected chi connectivity index (χ2v) is 5.55. The first-order valence-corrected chi connectivity index (χ1v) is 7.68. The van der Waals surface area contributed by atoms with Gasteiger partial charge in [-0.1, -0.05) is 32.1 Å². The maximum atomic E-state index is 11.8. The molecular formula is C18H25NO4. The molecule has 0 spiro atoms. The van der Waals surface area contributed by atoms with Crippen molar-refractivity contribution in [2.45, 2.75) is 33.1 Å². The maximum Gasteiger partial charge on any atom is 0.330 e. The summed E-state index contributed by atoms with van der Waals surface area (Å²) in [5.74, 6) is 0.492. The molecule has 0 aliphatic rings. The number of amides is 1. The highest BCUT2D eigenvalue weighted by Crippen LogP contribution is 2.27. The van der Waals surface area contributed by atoms with Gasteiger partial charge in [-0.2, -0.15) is 0 Å². The van der Waals surface area contributed by atoms with Crippen molar-refractivity contribution in [1.82, 2.24) is 5.32 Å². The van der Waals surface area contributed by atoms with Gasteiger partial charge in [0, 0.05) is 12.6 Å². The van der Waals surface area contributed by atoms with Crippen molar-refractivity contribution >= 4 is 11.9 Å². The minimum Gasteiger partial charge on any atom is -0.483 e. The normalized spacial score (nSPS) is 10.8. The van der Waals surface area contributed by atoms with E-state index in [4.69, 9.17) is 4.74 Å². The molecule has 0 unspecified atom stereocenters. The Morgan fingerprint density at radius 1 is 1.30 bits per heavy atom. The Bertz CT molecular complexity index is 564. The first-order chi connectivity index (χ1) is 10.9. The molecule has 1 aromatic rings. The first-order valence-electron chi connectivity index (χ1n) is 7.68. The molecular weight excluding hydrogens is 294 g/mol. The zero-order valence-corrected chi connectivity index (χ0v) is 14.2. The summed E-state index contributed by atoms with van der Waals surface area (Å²) in [5, 5.41) is 2.74. The lowest BCUT2D eigenvalue weighted by atomic mass is 10.0. The second kappa shape index (κ2) is 9.66. The van der Waals surface area contributed by atoms with Gasteiger partial charge in [-0.3, -0.25) is 4.79 Å². The Morgan fingerprint density at radius 3 is 2.70 bits per heavy atom. The average Bonchev–Trinajstić information content (AvgIpc) is 2.52. The van der Waals surface area contributed by atoms with Crippen molar-refractivity contribution in [1.29, 1.82) is 0 Å². The third-order valence-corrected chi connectivity index (χ3v) is 3.24. The fourth-order valence-electron chi connectivity index (χ4n) is 1.98. The fraction of sp³-hybridized carbons (Fsp3) is 0.444. The molecule has 1 amide bonds. The van der Waals surface area contributed by atoms with Crippen LogP contribution in [0.5, 0.6) is 5.75 Å². The number of hydrogen-bond acceptors (Lipinski definition) is 4. The van der Waals surface area contributed by atoms with Crippen LogP contribution in [0.1, 0.15) is 37.3 Å². The lowest BCUT2D eigenvalue weighted by Crippen LogP contribution is -2.29. The lowest BCUT2D eigenvalue weighted by Gasteiger charge is -2.14. The van der Waals surface area contributed by atoms with Crippen LogP contribution in [0.4, 0.5) is 0 Å². The highest BCUT2D eigenvalue weighted by Gasteiger charge is 2.10. The van der Waals surface area contributed by atoms with Crippen LogP contribution in [0.2, 0.25) is 0 Å². The molecule has 0 aliphatic heterocycles. The Balaban J connectivity index is 2.40. The molecule has 0 saturated carbocycles. The summed E-state index contributed by atoms with van der Waals surface area (Å²) in [4.78, 5) is 22.6. The molecule has 0 heterocycles. The van der Waals surface area contributed by atoms with Gasteiger partial charge in [0.05, 0.1) is 7.11 Å². The third kappa shape index (κ3) is 7.00. The number of esters is 1. The van der Waals surface area contributed by atoms with Crippen LogP contribution in [0.25, 0.3) is 0 Å². The van der Waals surface area contributed by atoms with Gasteiger partial charge in [-0.25, -0.2) is 4.79 Å². The van der Waals surface area contributed by atoms with E-state index >= 15 is 0 Å². The summed E-state index contributed by atoms with van der Waals surface area (Å²) in [5.41, 5.74) is 2.18. The highest BCUT2D eigenvalue weighted by atomic mass is 16.5. The number of nitrogens with one attached hydrogen (secondary N) is 1. The van der Waals surface area contributed by atoms with Crippen LogP contribution in [0.15, 0.2) is 30.4 Å². The van der Waals surface area contributed by atoms with E-state index in [9.17, 15) is 9.59 Å². The zero-order chi connectivity index (χ0) is 17.2. The van der Waals surface area contributed by atoms with E-state index in [2.05, 4.69) is 23.9 Å². The number of carbonyl (C=O) groups excluding carboxylic acids is 2. The molecule has 126 valence electrons. The number of benzene rings is 1. The van der Waals surface area contributed by atoms with Crippen LogP contribution in [-0.2, 0) is 14.3 Å². The molecule has 0 radical (unpaired) electrons. The van der Waals surface area contributed by atoms with Crippen molar-refractivity contribution in [2.24, 2.45) is 0 Å². The van der Waals surface area contributed by atoms with E-state index < -0.39 is 5.97 Å². The van der Waals surface area contributed by atoms with Crippen molar-refractivity contribution in [2.75, 3.05) is 20.3 Å². The van der Waals surface area contributed by atoms with Gasteiger partial charge in [0.2, 0.25) is 0 Å². The van der Waals surface area contributed by atoms with Gasteiger partial charge < -0.3 is 14.8 Å². The maximum absolute atomic E-state index is 11.8. The number of methoxy groups -OCH3 is 1. The van der Waals surface area contributed by atoms with Gasteiger partial charge in [-0.05, 0) is 36.5 Å². The third-order valence-electron chi connectivity index (χ3n) is 3.24. The van der Waals surface area contributed by atoms with Crippen molar-refractivity contribution in [3.05, 3.63) is 41.5 Å². The monoisotopic (exact) mass is 319 g/mol. The summed E-state index contributed by atoms with van der Waals surface area (Å²) in [6.07, 6.45) is 3.55. The molecule has 5 heteroatoms. The molecule has 0 aliphatic carbocycles. The van der Waals surface area contributed by atoms with Crippen LogP contribution < -0.4 is 10.1 Å². The number of carbonyl (C=O) groups is 2. The van der Waals surface area contributed by atoms with Gasteiger partial charge in [-0.15, -0.1) is 0 Å². The smallest absolute Gasteiger partial charge is 0.330 e. The Hall–Kier alpha value is -2.30. The Labute approximate surface area is 137 Å². The topological polar surface area (TPSA) is 64.6 Å². The molecule has 0 fully saturated rings. The molecule has 1 aromatic carbocycles. The van der Waals surface area contributed by atoms with Gasteiger partial charge in [0.15, 0.2) is 6.61 Å². The Kier molecular flexibility index (Phi) is 7.88.